The average molecular weight is 452 g/mol. The highest BCUT2D eigenvalue weighted by atomic mass is 19.1. The quantitative estimate of drug-likeness (QED) is 0.454. The van der Waals surface area contributed by atoms with Crippen molar-refractivity contribution in [1.82, 2.24) is 20.4 Å². The van der Waals surface area contributed by atoms with E-state index in [1.165, 1.54) is 4.68 Å². The number of nitrogens with zero attached hydrogens (tertiary/aromatic N) is 2. The first kappa shape index (κ1) is 24.2. The van der Waals surface area contributed by atoms with Gasteiger partial charge in [0.25, 0.3) is 5.91 Å². The van der Waals surface area contributed by atoms with Gasteiger partial charge in [-0.15, -0.1) is 0 Å². The number of hydrogen-bond acceptors (Lipinski definition) is 5. The van der Waals surface area contributed by atoms with E-state index in [2.05, 4.69) is 28.0 Å². The Kier molecular flexibility index (Phi) is 7.22. The summed E-state index contributed by atoms with van der Waals surface area (Å²) in [6.07, 6.45) is 3.14. The van der Waals surface area contributed by atoms with Gasteiger partial charge >= 0.3 is 0 Å². The van der Waals surface area contributed by atoms with E-state index in [9.17, 15) is 23.9 Å². The van der Waals surface area contributed by atoms with Crippen molar-refractivity contribution < 1.29 is 23.9 Å². The standard InChI is InChI=1S/C22H34FN5O4/c1-4-17(29)24-15(13-21(2)8-5-6-9-21)19(31)26-22(11-14(23)12-22)18(30)20(32)25-16-7-10-28(3)27-16/h7,10,14-15,18,30H,4-6,8-9,11-13H2,1-3H3,(H,24,29)(H,26,31)(H,25,27,32)/t14?,15-,18?,22?/m0/s1. The molecule has 1 aromatic rings. The maximum atomic E-state index is 13.9. The number of hydrogen-bond donors (Lipinski definition) is 4. The van der Waals surface area contributed by atoms with Crippen molar-refractivity contribution in [2.75, 3.05) is 5.32 Å². The zero-order chi connectivity index (χ0) is 23.5. The summed E-state index contributed by atoms with van der Waals surface area (Å²) in [7, 11) is 1.68. The lowest BCUT2D eigenvalue weighted by atomic mass is 9.70. The molecular weight excluding hydrogens is 417 g/mol. The van der Waals surface area contributed by atoms with Crippen LogP contribution in [0.25, 0.3) is 0 Å². The van der Waals surface area contributed by atoms with Gasteiger partial charge in [0.1, 0.15) is 12.2 Å². The number of carbonyl (C=O) groups excluding carboxylic acids is 3. The zero-order valence-corrected chi connectivity index (χ0v) is 19.0. The van der Waals surface area contributed by atoms with Crippen LogP contribution in [0.5, 0.6) is 0 Å². The van der Waals surface area contributed by atoms with Gasteiger partial charge in [0, 0.05) is 38.6 Å². The Morgan fingerprint density at radius 3 is 2.47 bits per heavy atom. The summed E-state index contributed by atoms with van der Waals surface area (Å²) >= 11 is 0. The molecule has 10 heteroatoms. The van der Waals surface area contributed by atoms with Gasteiger partial charge in [0.05, 0.1) is 5.54 Å². The van der Waals surface area contributed by atoms with Crippen molar-refractivity contribution in [1.29, 1.82) is 0 Å². The summed E-state index contributed by atoms with van der Waals surface area (Å²) in [5.74, 6) is -1.29. The molecule has 3 rings (SSSR count). The number of aliphatic hydroxyl groups excluding tert-OH is 1. The number of rotatable bonds is 9. The molecule has 3 amide bonds. The monoisotopic (exact) mass is 451 g/mol. The topological polar surface area (TPSA) is 125 Å². The van der Waals surface area contributed by atoms with Crippen LogP contribution in [0.3, 0.4) is 0 Å². The number of aromatic nitrogens is 2. The molecule has 178 valence electrons. The number of aryl methyl sites for hydroxylation is 1. The first-order valence-electron chi connectivity index (χ1n) is 11.3. The number of anilines is 1. The SMILES string of the molecule is CCC(=O)N[C@@H](CC1(C)CCCC1)C(=O)NC1(C(O)C(=O)Nc2ccn(C)n2)CC(F)C1. The minimum atomic E-state index is -1.66. The summed E-state index contributed by atoms with van der Waals surface area (Å²) in [5, 5.41) is 22.8. The lowest BCUT2D eigenvalue weighted by Gasteiger charge is -2.47. The summed E-state index contributed by atoms with van der Waals surface area (Å²) in [6.45, 7) is 3.80. The summed E-state index contributed by atoms with van der Waals surface area (Å²) in [4.78, 5) is 37.9. The lowest BCUT2D eigenvalue weighted by molar-refractivity contribution is -0.142. The number of alkyl halides is 1. The first-order valence-corrected chi connectivity index (χ1v) is 11.3. The van der Waals surface area contributed by atoms with Gasteiger partial charge in [-0.25, -0.2) is 4.39 Å². The molecule has 2 aliphatic carbocycles. The molecule has 0 radical (unpaired) electrons. The van der Waals surface area contributed by atoms with Crippen molar-refractivity contribution in [2.24, 2.45) is 12.5 Å². The van der Waals surface area contributed by atoms with Crippen LogP contribution in [-0.4, -0.2) is 56.5 Å². The predicted octanol–water partition coefficient (Wildman–Crippen LogP) is 1.57. The Morgan fingerprint density at radius 2 is 1.94 bits per heavy atom. The van der Waals surface area contributed by atoms with Gasteiger partial charge in [0.15, 0.2) is 11.9 Å². The minimum absolute atomic E-state index is 0.0760. The number of nitrogens with one attached hydrogen (secondary N) is 3. The van der Waals surface area contributed by atoms with Crippen LogP contribution in [0.2, 0.25) is 0 Å². The van der Waals surface area contributed by atoms with Gasteiger partial charge in [-0.3, -0.25) is 19.1 Å². The molecule has 4 N–H and O–H groups in total. The van der Waals surface area contributed by atoms with E-state index in [4.69, 9.17) is 0 Å². The molecule has 32 heavy (non-hydrogen) atoms. The van der Waals surface area contributed by atoms with E-state index in [-0.39, 0.29) is 36.4 Å². The van der Waals surface area contributed by atoms with E-state index >= 15 is 0 Å². The molecule has 2 fully saturated rings. The molecular formula is C22H34FN5O4. The Balaban J connectivity index is 1.73. The fourth-order valence-electron chi connectivity index (χ4n) is 4.82. The third-order valence-corrected chi connectivity index (χ3v) is 6.76. The highest BCUT2D eigenvalue weighted by Crippen LogP contribution is 2.42. The van der Waals surface area contributed by atoms with E-state index in [1.54, 1.807) is 26.2 Å². The fraction of sp³-hybridized carbons (Fsp3) is 0.727. The molecule has 0 spiro atoms. The maximum Gasteiger partial charge on any atom is 0.256 e. The van der Waals surface area contributed by atoms with Crippen LogP contribution >= 0.6 is 0 Å². The molecule has 0 bridgehead atoms. The van der Waals surface area contributed by atoms with Crippen LogP contribution in [0, 0.1) is 5.41 Å². The molecule has 0 saturated heterocycles. The normalized spacial score (nSPS) is 26.0. The van der Waals surface area contributed by atoms with Crippen molar-refractivity contribution in [3.05, 3.63) is 12.3 Å². The third kappa shape index (κ3) is 5.46. The van der Waals surface area contributed by atoms with E-state index in [1.807, 2.05) is 0 Å². The molecule has 1 unspecified atom stereocenters. The predicted molar refractivity (Wildman–Crippen MR) is 116 cm³/mol. The Morgan fingerprint density at radius 1 is 1.28 bits per heavy atom. The zero-order valence-electron chi connectivity index (χ0n) is 19.0. The number of carbonyl (C=O) groups is 3. The molecule has 9 nitrogen and oxygen atoms in total. The highest BCUT2D eigenvalue weighted by Gasteiger charge is 2.54. The lowest BCUT2D eigenvalue weighted by Crippen LogP contribution is -2.69. The molecule has 0 aliphatic heterocycles. The first-order chi connectivity index (χ1) is 15.1. The summed E-state index contributed by atoms with van der Waals surface area (Å²) < 4.78 is 15.4. The van der Waals surface area contributed by atoms with Gasteiger partial charge in [-0.05, 0) is 24.7 Å². The second-order valence-corrected chi connectivity index (χ2v) is 9.61. The summed E-state index contributed by atoms with van der Waals surface area (Å²) in [6, 6.07) is 0.750. The molecule has 0 aromatic carbocycles. The van der Waals surface area contributed by atoms with Crippen LogP contribution < -0.4 is 16.0 Å². The van der Waals surface area contributed by atoms with Crippen LogP contribution in [-0.2, 0) is 21.4 Å². The smallest absolute Gasteiger partial charge is 0.256 e. The van der Waals surface area contributed by atoms with E-state index in [0.717, 1.165) is 25.7 Å². The molecule has 2 aliphatic rings. The minimum Gasteiger partial charge on any atom is -0.381 e. The fourth-order valence-corrected chi connectivity index (χ4v) is 4.82. The van der Waals surface area contributed by atoms with Crippen LogP contribution in [0.15, 0.2) is 12.3 Å². The summed E-state index contributed by atoms with van der Waals surface area (Å²) in [5.41, 5.74) is -1.51. The van der Waals surface area contributed by atoms with Crippen molar-refractivity contribution in [3.8, 4) is 0 Å². The van der Waals surface area contributed by atoms with Gasteiger partial charge in [-0.1, -0.05) is 26.7 Å². The Hall–Kier alpha value is -2.49. The van der Waals surface area contributed by atoms with Gasteiger partial charge in [-0.2, -0.15) is 5.10 Å². The second kappa shape index (κ2) is 9.56. The largest absolute Gasteiger partial charge is 0.381 e. The second-order valence-electron chi connectivity index (χ2n) is 9.61. The Labute approximate surface area is 187 Å². The molecule has 2 atom stereocenters. The van der Waals surface area contributed by atoms with Crippen molar-refractivity contribution >= 4 is 23.5 Å². The maximum absolute atomic E-state index is 13.9. The Bertz CT molecular complexity index is 845. The van der Waals surface area contributed by atoms with Gasteiger partial charge < -0.3 is 21.1 Å². The molecule has 1 heterocycles. The number of aliphatic hydroxyl groups is 1. The van der Waals surface area contributed by atoms with Crippen LogP contribution in [0.1, 0.15) is 65.2 Å². The van der Waals surface area contributed by atoms with Crippen LogP contribution in [0.4, 0.5) is 10.2 Å². The average Bonchev–Trinajstić information content (AvgIpc) is 3.33. The van der Waals surface area contributed by atoms with Crippen molar-refractivity contribution in [3.63, 3.8) is 0 Å². The van der Waals surface area contributed by atoms with E-state index < -0.39 is 35.7 Å². The highest BCUT2D eigenvalue weighted by molar-refractivity contribution is 5.95. The molecule has 1 aromatic heterocycles. The van der Waals surface area contributed by atoms with Crippen molar-refractivity contribution in [2.45, 2.75) is 89.1 Å². The van der Waals surface area contributed by atoms with Gasteiger partial charge in [0.2, 0.25) is 11.8 Å². The number of halogens is 1. The third-order valence-electron chi connectivity index (χ3n) is 6.76. The number of amides is 3. The molecule has 2 saturated carbocycles. The van der Waals surface area contributed by atoms with E-state index in [0.29, 0.717) is 6.42 Å².